The maximum Gasteiger partial charge on any atom is 0.586 e. The van der Waals surface area contributed by atoms with Crippen LogP contribution in [0.25, 0.3) is 0 Å². The lowest BCUT2D eigenvalue weighted by molar-refractivity contribution is -0.910. The van der Waals surface area contributed by atoms with Crippen LogP contribution in [0.1, 0.15) is 24.6 Å². The summed E-state index contributed by atoms with van der Waals surface area (Å²) in [5, 5.41) is 2.76. The summed E-state index contributed by atoms with van der Waals surface area (Å²) in [5.41, 5.74) is 1.62. The Morgan fingerprint density at radius 2 is 2.15 bits per heavy atom. The van der Waals surface area contributed by atoms with Crippen molar-refractivity contribution in [3.63, 3.8) is 0 Å². The van der Waals surface area contributed by atoms with Crippen molar-refractivity contribution in [3.8, 4) is 11.5 Å². The summed E-state index contributed by atoms with van der Waals surface area (Å²) in [7, 11) is 2.01. The summed E-state index contributed by atoms with van der Waals surface area (Å²) in [6, 6.07) is 8.62. The molecule has 4 rings (SSSR count). The Morgan fingerprint density at radius 3 is 2.92 bits per heavy atom. The van der Waals surface area contributed by atoms with Gasteiger partial charge in [-0.2, -0.15) is 0 Å². The summed E-state index contributed by atoms with van der Waals surface area (Å²) in [6.07, 6.45) is 0.456. The third kappa shape index (κ3) is 3.24. The Kier molecular flexibility index (Phi) is 4.07. The number of hydrogen-bond donors (Lipinski definition) is 2. The van der Waals surface area contributed by atoms with Crippen molar-refractivity contribution in [2.45, 2.75) is 25.2 Å². The number of hydrogen-bond acceptors (Lipinski definition) is 3. The zero-order valence-electron chi connectivity index (χ0n) is 14.3. The van der Waals surface area contributed by atoms with Crippen molar-refractivity contribution < 1.29 is 27.9 Å². The minimum Gasteiger partial charge on any atom is -0.395 e. The smallest absolute Gasteiger partial charge is 0.395 e. The molecule has 0 aliphatic carbocycles. The second-order valence-electron chi connectivity index (χ2n) is 6.70. The molecule has 1 aromatic heterocycles. The molecule has 2 aliphatic heterocycles. The SMILES string of the molecule is Cn1cccc1[C@H]1CCC[NH+]1CC(=O)Nc1ccc2c(c1)OC(F)(F)O2. The van der Waals surface area contributed by atoms with Gasteiger partial charge in [-0.15, -0.1) is 8.78 Å². The van der Waals surface area contributed by atoms with Gasteiger partial charge in [-0.25, -0.2) is 0 Å². The van der Waals surface area contributed by atoms with Crippen molar-refractivity contribution in [2.75, 3.05) is 18.4 Å². The Balaban J connectivity index is 1.41. The van der Waals surface area contributed by atoms with Crippen molar-refractivity contribution in [3.05, 3.63) is 42.2 Å². The lowest BCUT2D eigenvalue weighted by atomic mass is 10.1. The molecule has 1 aromatic carbocycles. The molecule has 8 heteroatoms. The van der Waals surface area contributed by atoms with E-state index in [0.717, 1.165) is 19.4 Å². The number of rotatable bonds is 4. The van der Waals surface area contributed by atoms with Crippen LogP contribution in [0.15, 0.2) is 36.5 Å². The van der Waals surface area contributed by atoms with Crippen LogP contribution in [-0.4, -0.2) is 29.9 Å². The zero-order chi connectivity index (χ0) is 18.3. The molecule has 1 amide bonds. The van der Waals surface area contributed by atoms with Gasteiger partial charge < -0.3 is 24.3 Å². The minimum atomic E-state index is -3.66. The molecule has 1 fully saturated rings. The van der Waals surface area contributed by atoms with Gasteiger partial charge in [0.15, 0.2) is 18.0 Å². The van der Waals surface area contributed by atoms with Gasteiger partial charge in [-0.05, 0) is 24.3 Å². The minimum absolute atomic E-state index is 0.0399. The third-order valence-electron chi connectivity index (χ3n) is 4.90. The van der Waals surface area contributed by atoms with E-state index < -0.39 is 6.29 Å². The number of nitrogens with one attached hydrogen (secondary N) is 2. The quantitative estimate of drug-likeness (QED) is 0.868. The van der Waals surface area contributed by atoms with Gasteiger partial charge in [0.2, 0.25) is 0 Å². The molecule has 0 saturated carbocycles. The number of aromatic nitrogens is 1. The molecule has 26 heavy (non-hydrogen) atoms. The van der Waals surface area contributed by atoms with Crippen LogP contribution in [0.4, 0.5) is 14.5 Å². The molecule has 1 saturated heterocycles. The molecule has 138 valence electrons. The van der Waals surface area contributed by atoms with Gasteiger partial charge in [-0.3, -0.25) is 4.79 Å². The maximum absolute atomic E-state index is 13.1. The zero-order valence-corrected chi connectivity index (χ0v) is 14.3. The number of benzene rings is 1. The summed E-state index contributed by atoms with van der Waals surface area (Å²) in [5.74, 6) is -0.281. The number of nitrogens with zero attached hydrogens (tertiary/aromatic N) is 1. The fraction of sp³-hybridized carbons (Fsp3) is 0.389. The van der Waals surface area contributed by atoms with Gasteiger partial charge in [0.05, 0.1) is 12.2 Å². The lowest BCUT2D eigenvalue weighted by Gasteiger charge is -2.21. The first kappa shape index (κ1) is 16.8. The van der Waals surface area contributed by atoms with E-state index in [2.05, 4.69) is 25.4 Å². The lowest BCUT2D eigenvalue weighted by Crippen LogP contribution is -3.11. The number of amides is 1. The van der Waals surface area contributed by atoms with Crippen LogP contribution < -0.4 is 19.7 Å². The number of fused-ring (bicyclic) bond motifs is 1. The highest BCUT2D eigenvalue weighted by Crippen LogP contribution is 2.42. The first-order chi connectivity index (χ1) is 12.4. The number of anilines is 1. The monoisotopic (exact) mass is 364 g/mol. The predicted octanol–water partition coefficient (Wildman–Crippen LogP) is 1.71. The Hall–Kier alpha value is -2.61. The average Bonchev–Trinajstić information content (AvgIpc) is 3.24. The number of aryl methyl sites for hydroxylation is 1. The summed E-state index contributed by atoms with van der Waals surface area (Å²) in [4.78, 5) is 13.6. The highest BCUT2D eigenvalue weighted by molar-refractivity contribution is 5.91. The summed E-state index contributed by atoms with van der Waals surface area (Å²) >= 11 is 0. The molecule has 1 unspecified atom stereocenters. The molecule has 0 radical (unpaired) electrons. The van der Waals surface area contributed by atoms with Crippen LogP contribution in [0, 0.1) is 0 Å². The second-order valence-corrected chi connectivity index (χ2v) is 6.70. The first-order valence-corrected chi connectivity index (χ1v) is 8.57. The molecular weight excluding hydrogens is 344 g/mol. The van der Waals surface area contributed by atoms with E-state index in [4.69, 9.17) is 0 Å². The van der Waals surface area contributed by atoms with E-state index in [1.54, 1.807) is 0 Å². The van der Waals surface area contributed by atoms with Crippen molar-refractivity contribution in [1.82, 2.24) is 4.57 Å². The average molecular weight is 364 g/mol. The first-order valence-electron chi connectivity index (χ1n) is 8.57. The number of halogens is 2. The fourth-order valence-corrected chi connectivity index (χ4v) is 3.75. The van der Waals surface area contributed by atoms with Gasteiger partial charge in [0, 0.05) is 37.8 Å². The fourth-order valence-electron chi connectivity index (χ4n) is 3.75. The van der Waals surface area contributed by atoms with Crippen LogP contribution in [0.5, 0.6) is 11.5 Å². The maximum atomic E-state index is 13.1. The molecule has 2 aliphatic rings. The van der Waals surface area contributed by atoms with Crippen molar-refractivity contribution in [1.29, 1.82) is 0 Å². The van der Waals surface area contributed by atoms with E-state index in [-0.39, 0.29) is 23.4 Å². The summed E-state index contributed by atoms with van der Waals surface area (Å²) in [6.45, 7) is 1.25. The highest BCUT2D eigenvalue weighted by Gasteiger charge is 2.43. The number of carbonyl (C=O) groups is 1. The van der Waals surface area contributed by atoms with Crippen molar-refractivity contribution >= 4 is 11.6 Å². The van der Waals surface area contributed by atoms with E-state index in [1.165, 1.54) is 28.8 Å². The third-order valence-corrected chi connectivity index (χ3v) is 4.90. The topological polar surface area (TPSA) is 56.9 Å². The van der Waals surface area contributed by atoms with Gasteiger partial charge in [0.1, 0.15) is 6.04 Å². The van der Waals surface area contributed by atoms with E-state index >= 15 is 0 Å². The molecule has 0 bridgehead atoms. The number of carbonyl (C=O) groups excluding carboxylic acids is 1. The Labute approximate surface area is 149 Å². The van der Waals surface area contributed by atoms with E-state index in [1.807, 2.05) is 19.3 Å². The molecular formula is C18H20F2N3O3+. The second kappa shape index (κ2) is 6.28. The highest BCUT2D eigenvalue weighted by atomic mass is 19.3. The predicted molar refractivity (Wildman–Crippen MR) is 89.4 cm³/mol. The normalized spacial score (nSPS) is 23.2. The number of quaternary nitrogens is 1. The molecule has 0 spiro atoms. The molecule has 3 heterocycles. The Morgan fingerprint density at radius 1 is 1.35 bits per heavy atom. The van der Waals surface area contributed by atoms with Crippen LogP contribution >= 0.6 is 0 Å². The number of alkyl halides is 2. The molecule has 2 aromatic rings. The number of ether oxygens (including phenoxy) is 2. The standard InChI is InChI=1S/C18H19F2N3O3/c1-22-8-2-4-13(22)14-5-3-9-23(14)11-17(24)21-12-6-7-15-16(10-12)26-18(19,20)25-15/h2,4,6-8,10,14H,3,5,9,11H2,1H3,(H,21,24)/p+1/t14-/m1/s1. The van der Waals surface area contributed by atoms with E-state index in [9.17, 15) is 13.6 Å². The van der Waals surface area contributed by atoms with E-state index in [0.29, 0.717) is 12.2 Å². The van der Waals surface area contributed by atoms with Crippen LogP contribution in [0.2, 0.25) is 0 Å². The summed E-state index contributed by atoms with van der Waals surface area (Å²) < 4.78 is 37.0. The van der Waals surface area contributed by atoms with Gasteiger partial charge >= 0.3 is 6.29 Å². The molecule has 6 nitrogen and oxygen atoms in total. The largest absolute Gasteiger partial charge is 0.586 e. The van der Waals surface area contributed by atoms with Gasteiger partial charge in [-0.1, -0.05) is 0 Å². The molecule has 2 N–H and O–H groups in total. The van der Waals surface area contributed by atoms with Crippen molar-refractivity contribution in [2.24, 2.45) is 7.05 Å². The number of likely N-dealkylation sites (tertiary alicyclic amines) is 1. The molecule has 2 atom stereocenters. The van der Waals surface area contributed by atoms with Crippen LogP contribution in [-0.2, 0) is 11.8 Å². The van der Waals surface area contributed by atoms with Gasteiger partial charge in [0.25, 0.3) is 5.91 Å². The van der Waals surface area contributed by atoms with Crippen LogP contribution in [0.3, 0.4) is 0 Å². The Bertz CT molecular complexity index is 837.